The standard InChI is InChI=1S/C16H22N2O2/c1-16(2,3)11-5-6-14(19-4)13(9-11)15-10-12(7-8-17)18-20-15/h5-6,9-10H,7-8,17H2,1-4H3. The molecule has 20 heavy (non-hydrogen) atoms. The quantitative estimate of drug-likeness (QED) is 0.930. The maximum Gasteiger partial charge on any atom is 0.170 e. The summed E-state index contributed by atoms with van der Waals surface area (Å²) in [5.41, 5.74) is 8.63. The van der Waals surface area contributed by atoms with Gasteiger partial charge in [0.1, 0.15) is 5.75 Å². The highest BCUT2D eigenvalue weighted by molar-refractivity contribution is 5.67. The van der Waals surface area contributed by atoms with Crippen molar-refractivity contribution in [2.45, 2.75) is 32.6 Å². The SMILES string of the molecule is COc1ccc(C(C)(C)C)cc1-c1cc(CCN)no1. The van der Waals surface area contributed by atoms with E-state index in [1.807, 2.05) is 12.1 Å². The number of rotatable bonds is 4. The molecule has 0 saturated heterocycles. The van der Waals surface area contributed by atoms with Gasteiger partial charge in [-0.3, -0.25) is 0 Å². The summed E-state index contributed by atoms with van der Waals surface area (Å²) in [6, 6.07) is 8.09. The van der Waals surface area contributed by atoms with Crippen LogP contribution in [0.1, 0.15) is 32.0 Å². The first-order valence-corrected chi connectivity index (χ1v) is 6.80. The molecule has 4 heteroatoms. The molecule has 1 aromatic heterocycles. The summed E-state index contributed by atoms with van der Waals surface area (Å²) >= 11 is 0. The van der Waals surface area contributed by atoms with E-state index in [1.165, 1.54) is 5.56 Å². The van der Waals surface area contributed by atoms with Gasteiger partial charge in [-0.1, -0.05) is 32.0 Å². The Hall–Kier alpha value is -1.81. The number of hydrogen-bond donors (Lipinski definition) is 1. The molecule has 0 spiro atoms. The van der Waals surface area contributed by atoms with E-state index in [2.05, 4.69) is 38.1 Å². The van der Waals surface area contributed by atoms with Crippen LogP contribution in [-0.4, -0.2) is 18.8 Å². The second-order valence-electron chi connectivity index (χ2n) is 5.89. The van der Waals surface area contributed by atoms with Crippen LogP contribution in [0.5, 0.6) is 5.75 Å². The lowest BCUT2D eigenvalue weighted by Crippen LogP contribution is -2.11. The first-order chi connectivity index (χ1) is 9.45. The van der Waals surface area contributed by atoms with Gasteiger partial charge in [-0.2, -0.15) is 0 Å². The highest BCUT2D eigenvalue weighted by Crippen LogP contribution is 2.35. The minimum atomic E-state index is 0.0706. The van der Waals surface area contributed by atoms with Crippen molar-refractivity contribution >= 4 is 0 Å². The first-order valence-electron chi connectivity index (χ1n) is 6.80. The fraction of sp³-hybridized carbons (Fsp3) is 0.438. The summed E-state index contributed by atoms with van der Waals surface area (Å²) in [7, 11) is 1.66. The van der Waals surface area contributed by atoms with Gasteiger partial charge >= 0.3 is 0 Å². The van der Waals surface area contributed by atoms with Crippen LogP contribution in [0.4, 0.5) is 0 Å². The first kappa shape index (κ1) is 14.6. The maximum atomic E-state index is 5.54. The number of hydrogen-bond acceptors (Lipinski definition) is 4. The second kappa shape index (κ2) is 5.67. The van der Waals surface area contributed by atoms with Gasteiger partial charge in [-0.15, -0.1) is 0 Å². The smallest absolute Gasteiger partial charge is 0.170 e. The monoisotopic (exact) mass is 274 g/mol. The lowest BCUT2D eigenvalue weighted by atomic mass is 9.86. The molecule has 0 radical (unpaired) electrons. The Morgan fingerprint density at radius 1 is 1.25 bits per heavy atom. The maximum absolute atomic E-state index is 5.54. The minimum Gasteiger partial charge on any atom is -0.496 e. The molecule has 0 saturated carbocycles. The molecule has 1 aromatic carbocycles. The summed E-state index contributed by atoms with van der Waals surface area (Å²) in [6.07, 6.45) is 0.713. The molecule has 4 nitrogen and oxygen atoms in total. The Balaban J connectivity index is 2.46. The van der Waals surface area contributed by atoms with Gasteiger partial charge in [0.05, 0.1) is 18.4 Å². The number of nitrogens with zero attached hydrogens (tertiary/aromatic N) is 1. The summed E-state index contributed by atoms with van der Waals surface area (Å²) in [5, 5.41) is 4.04. The van der Waals surface area contributed by atoms with Crippen LogP contribution in [0.3, 0.4) is 0 Å². The molecule has 2 aromatic rings. The zero-order chi connectivity index (χ0) is 14.8. The number of ether oxygens (including phenoxy) is 1. The molecular weight excluding hydrogens is 252 g/mol. The van der Waals surface area contributed by atoms with Gasteiger partial charge in [0, 0.05) is 12.5 Å². The second-order valence-corrected chi connectivity index (χ2v) is 5.89. The van der Waals surface area contributed by atoms with E-state index in [0.717, 1.165) is 22.8 Å². The number of nitrogens with two attached hydrogens (primary N) is 1. The molecule has 1 heterocycles. The number of methoxy groups -OCH3 is 1. The third-order valence-corrected chi connectivity index (χ3v) is 3.29. The van der Waals surface area contributed by atoms with E-state index < -0.39 is 0 Å². The van der Waals surface area contributed by atoms with Crippen LogP contribution in [0.25, 0.3) is 11.3 Å². The lowest BCUT2D eigenvalue weighted by molar-refractivity contribution is 0.403. The van der Waals surface area contributed by atoms with Crippen LogP contribution in [-0.2, 0) is 11.8 Å². The van der Waals surface area contributed by atoms with Crippen molar-refractivity contribution in [3.63, 3.8) is 0 Å². The van der Waals surface area contributed by atoms with E-state index >= 15 is 0 Å². The number of benzene rings is 1. The van der Waals surface area contributed by atoms with Crippen LogP contribution in [0.2, 0.25) is 0 Å². The van der Waals surface area contributed by atoms with Crippen molar-refractivity contribution in [2.24, 2.45) is 5.73 Å². The van der Waals surface area contributed by atoms with Crippen molar-refractivity contribution in [1.29, 1.82) is 0 Å². The summed E-state index contributed by atoms with van der Waals surface area (Å²) < 4.78 is 10.9. The van der Waals surface area contributed by atoms with E-state index in [-0.39, 0.29) is 5.41 Å². The molecule has 0 aliphatic rings. The normalized spacial score (nSPS) is 11.7. The molecule has 2 N–H and O–H groups in total. The van der Waals surface area contributed by atoms with Crippen molar-refractivity contribution in [3.8, 4) is 17.1 Å². The minimum absolute atomic E-state index is 0.0706. The topological polar surface area (TPSA) is 61.3 Å². The highest BCUT2D eigenvalue weighted by atomic mass is 16.5. The molecule has 0 unspecified atom stereocenters. The lowest BCUT2D eigenvalue weighted by Gasteiger charge is -2.20. The molecular formula is C16H22N2O2. The summed E-state index contributed by atoms with van der Waals surface area (Å²) in [5.74, 6) is 1.50. The third kappa shape index (κ3) is 3.02. The fourth-order valence-electron chi connectivity index (χ4n) is 2.07. The fourth-order valence-corrected chi connectivity index (χ4v) is 2.07. The van der Waals surface area contributed by atoms with Gasteiger partial charge in [-0.05, 0) is 29.7 Å². The molecule has 0 bridgehead atoms. The molecule has 2 rings (SSSR count). The number of aromatic nitrogens is 1. The van der Waals surface area contributed by atoms with E-state index in [4.69, 9.17) is 15.0 Å². The van der Waals surface area contributed by atoms with Gasteiger partial charge in [-0.25, -0.2) is 0 Å². The zero-order valence-electron chi connectivity index (χ0n) is 12.6. The molecule has 0 atom stereocenters. The summed E-state index contributed by atoms with van der Waals surface area (Å²) in [6.45, 7) is 7.10. The van der Waals surface area contributed by atoms with E-state index in [1.54, 1.807) is 7.11 Å². The van der Waals surface area contributed by atoms with Gasteiger partial charge < -0.3 is 15.0 Å². The van der Waals surface area contributed by atoms with E-state index in [0.29, 0.717) is 13.0 Å². The van der Waals surface area contributed by atoms with Crippen LogP contribution in [0, 0.1) is 0 Å². The molecule has 0 aliphatic carbocycles. The van der Waals surface area contributed by atoms with Gasteiger partial charge in [0.25, 0.3) is 0 Å². The molecule has 0 aliphatic heterocycles. The van der Waals surface area contributed by atoms with Crippen LogP contribution < -0.4 is 10.5 Å². The Kier molecular flexibility index (Phi) is 4.14. The average Bonchev–Trinajstić information content (AvgIpc) is 2.86. The predicted molar refractivity (Wildman–Crippen MR) is 79.9 cm³/mol. The largest absolute Gasteiger partial charge is 0.496 e. The van der Waals surface area contributed by atoms with Gasteiger partial charge in [0.2, 0.25) is 0 Å². The van der Waals surface area contributed by atoms with Crippen molar-refractivity contribution < 1.29 is 9.26 Å². The van der Waals surface area contributed by atoms with Gasteiger partial charge in [0.15, 0.2) is 5.76 Å². The Morgan fingerprint density at radius 2 is 2.00 bits per heavy atom. The molecule has 108 valence electrons. The van der Waals surface area contributed by atoms with Crippen molar-refractivity contribution in [3.05, 3.63) is 35.5 Å². The van der Waals surface area contributed by atoms with Crippen molar-refractivity contribution in [2.75, 3.05) is 13.7 Å². The zero-order valence-corrected chi connectivity index (χ0v) is 12.6. The van der Waals surface area contributed by atoms with E-state index in [9.17, 15) is 0 Å². The highest BCUT2D eigenvalue weighted by Gasteiger charge is 2.18. The van der Waals surface area contributed by atoms with Crippen LogP contribution >= 0.6 is 0 Å². The third-order valence-electron chi connectivity index (χ3n) is 3.29. The molecule has 0 fully saturated rings. The Labute approximate surface area is 119 Å². The Morgan fingerprint density at radius 3 is 2.60 bits per heavy atom. The van der Waals surface area contributed by atoms with Crippen molar-refractivity contribution in [1.82, 2.24) is 5.16 Å². The average molecular weight is 274 g/mol. The predicted octanol–water partition coefficient (Wildman–Crippen LogP) is 3.15. The molecule has 0 amide bonds. The van der Waals surface area contributed by atoms with Crippen LogP contribution in [0.15, 0.2) is 28.8 Å². The summed E-state index contributed by atoms with van der Waals surface area (Å²) in [4.78, 5) is 0. The Bertz CT molecular complexity index is 582.